The van der Waals surface area contributed by atoms with Crippen molar-refractivity contribution >= 4 is 11.4 Å². The summed E-state index contributed by atoms with van der Waals surface area (Å²) in [6, 6.07) is 3.81. The topological polar surface area (TPSA) is 108 Å². The van der Waals surface area contributed by atoms with Crippen molar-refractivity contribution in [3.8, 4) is 22.5 Å². The lowest BCUT2D eigenvalue weighted by Gasteiger charge is -2.16. The molecule has 0 radical (unpaired) electrons. The summed E-state index contributed by atoms with van der Waals surface area (Å²) >= 11 is 0. The highest BCUT2D eigenvalue weighted by Crippen LogP contribution is 2.30. The van der Waals surface area contributed by atoms with E-state index in [1.807, 2.05) is 20.8 Å². The fraction of sp³-hybridized carbons (Fsp3) is 0.250. The zero-order chi connectivity index (χ0) is 25.6. The number of amides is 1. The molecule has 36 heavy (non-hydrogen) atoms. The minimum atomic E-state index is -0.684. The van der Waals surface area contributed by atoms with Gasteiger partial charge in [0.1, 0.15) is 11.6 Å². The second-order valence-electron chi connectivity index (χ2n) is 9.33. The molecule has 4 heterocycles. The molecule has 0 fully saturated rings. The predicted octanol–water partition coefficient (Wildman–Crippen LogP) is 3.35. The first kappa shape index (κ1) is 23.3. The molecule has 184 valence electrons. The lowest BCUT2D eigenvalue weighted by Crippen LogP contribution is -2.27. The number of carbonyl (C=O) groups is 1. The second-order valence-corrected chi connectivity index (χ2v) is 9.33. The van der Waals surface area contributed by atoms with Crippen molar-refractivity contribution in [3.63, 3.8) is 0 Å². The van der Waals surface area contributed by atoms with Crippen LogP contribution in [0.1, 0.15) is 36.8 Å². The summed E-state index contributed by atoms with van der Waals surface area (Å²) in [7, 11) is 1.77. The highest BCUT2D eigenvalue weighted by molar-refractivity contribution is 5.91. The second kappa shape index (κ2) is 8.63. The molecular weight excluding hydrogens is 468 g/mol. The van der Waals surface area contributed by atoms with E-state index in [0.717, 1.165) is 12.1 Å². The number of fused-ring (bicyclic) bond motifs is 1. The van der Waals surface area contributed by atoms with Crippen molar-refractivity contribution in [2.45, 2.75) is 32.9 Å². The van der Waals surface area contributed by atoms with Crippen LogP contribution in [0.3, 0.4) is 0 Å². The maximum Gasteiger partial charge on any atom is 0.273 e. The molecule has 0 bridgehead atoms. The third kappa shape index (κ3) is 4.32. The van der Waals surface area contributed by atoms with E-state index in [1.54, 1.807) is 47.1 Å². The number of nitrogens with one attached hydrogen (secondary N) is 1. The molecule has 1 N–H and O–H groups in total. The Balaban J connectivity index is 1.43. The Morgan fingerprint density at radius 3 is 2.56 bits per heavy atom. The summed E-state index contributed by atoms with van der Waals surface area (Å²) < 4.78 is 33.5. The van der Waals surface area contributed by atoms with Gasteiger partial charge in [0, 0.05) is 36.5 Å². The van der Waals surface area contributed by atoms with E-state index in [0.29, 0.717) is 16.8 Å². The normalized spacial score (nSPS) is 11.8. The Bertz CT molecular complexity index is 1590. The Kier molecular flexibility index (Phi) is 5.58. The van der Waals surface area contributed by atoms with Crippen molar-refractivity contribution in [3.05, 3.63) is 72.1 Å². The molecule has 5 aromatic rings. The number of aromatic nitrogens is 8. The van der Waals surface area contributed by atoms with Gasteiger partial charge in [-0.15, -0.1) is 5.10 Å². The Morgan fingerprint density at radius 2 is 1.86 bits per heavy atom. The van der Waals surface area contributed by atoms with Gasteiger partial charge in [0.15, 0.2) is 5.69 Å². The highest BCUT2D eigenvalue weighted by atomic mass is 19.1. The van der Waals surface area contributed by atoms with Gasteiger partial charge in [0.25, 0.3) is 5.91 Å². The number of carbonyl (C=O) groups excluding carboxylic acids is 1. The van der Waals surface area contributed by atoms with Crippen molar-refractivity contribution in [2.24, 2.45) is 7.05 Å². The molecule has 0 aliphatic heterocycles. The van der Waals surface area contributed by atoms with E-state index in [9.17, 15) is 4.79 Å². The van der Waals surface area contributed by atoms with Gasteiger partial charge in [-0.2, -0.15) is 20.1 Å². The van der Waals surface area contributed by atoms with Gasteiger partial charge in [0.05, 0.1) is 47.2 Å². The van der Waals surface area contributed by atoms with Gasteiger partial charge in [-0.05, 0) is 39.0 Å². The SMILES string of the molecule is Cn1cc(-c2cn3nccc3c(-c3cc(F)c(CNC(=O)c4cnn(C(C)(C)C)n4)cc3F)n2)cn1. The number of benzene rings is 1. The molecule has 0 spiro atoms. The van der Waals surface area contributed by atoms with E-state index in [2.05, 4.69) is 30.7 Å². The summed E-state index contributed by atoms with van der Waals surface area (Å²) in [5.74, 6) is -1.91. The van der Waals surface area contributed by atoms with Gasteiger partial charge < -0.3 is 5.32 Å². The van der Waals surface area contributed by atoms with E-state index in [4.69, 9.17) is 0 Å². The van der Waals surface area contributed by atoms with Gasteiger partial charge >= 0.3 is 0 Å². The van der Waals surface area contributed by atoms with Crippen LogP contribution in [0, 0.1) is 11.6 Å². The molecule has 0 aliphatic carbocycles. The van der Waals surface area contributed by atoms with Crippen LogP contribution < -0.4 is 5.32 Å². The summed E-state index contributed by atoms with van der Waals surface area (Å²) in [4.78, 5) is 18.5. The average molecular weight is 492 g/mol. The number of nitrogens with zero attached hydrogens (tertiary/aromatic N) is 8. The Labute approximate surface area is 204 Å². The van der Waals surface area contributed by atoms with Crippen LogP contribution in [0.15, 0.2) is 49.2 Å². The fourth-order valence-electron chi connectivity index (χ4n) is 3.68. The standard InChI is InChI=1S/C24H23F2N9O/c1-24(2,3)35-30-11-19(32-35)23(36)27-9-14-7-18(26)16(8-17(14)25)22-21-5-6-28-34(21)13-20(31-22)15-10-29-33(4)12-15/h5-8,10-13H,9H2,1-4H3,(H,27,36). The van der Waals surface area contributed by atoms with Crippen LogP contribution in [-0.4, -0.2) is 45.3 Å². The zero-order valence-electron chi connectivity index (χ0n) is 20.1. The van der Waals surface area contributed by atoms with E-state index >= 15 is 8.78 Å². The third-order valence-corrected chi connectivity index (χ3v) is 5.55. The van der Waals surface area contributed by atoms with E-state index in [-0.39, 0.29) is 29.1 Å². The monoisotopic (exact) mass is 491 g/mol. The number of rotatable bonds is 5. The van der Waals surface area contributed by atoms with Crippen LogP contribution in [0.25, 0.3) is 28.0 Å². The van der Waals surface area contributed by atoms with Crippen LogP contribution in [0.5, 0.6) is 0 Å². The van der Waals surface area contributed by atoms with Crippen molar-refractivity contribution in [2.75, 3.05) is 0 Å². The lowest BCUT2D eigenvalue weighted by atomic mass is 10.1. The fourth-order valence-corrected chi connectivity index (χ4v) is 3.68. The molecule has 0 unspecified atom stereocenters. The van der Waals surface area contributed by atoms with Gasteiger partial charge in [-0.1, -0.05) is 0 Å². The number of halogens is 2. The molecule has 0 aliphatic rings. The van der Waals surface area contributed by atoms with Crippen LogP contribution in [0.2, 0.25) is 0 Å². The van der Waals surface area contributed by atoms with Crippen molar-refractivity contribution < 1.29 is 13.6 Å². The molecule has 0 saturated heterocycles. The van der Waals surface area contributed by atoms with Gasteiger partial charge in [-0.3, -0.25) is 9.48 Å². The minimum Gasteiger partial charge on any atom is -0.346 e. The molecule has 10 nitrogen and oxygen atoms in total. The van der Waals surface area contributed by atoms with E-state index in [1.165, 1.54) is 11.0 Å². The number of aryl methyl sites for hydroxylation is 1. The Hall–Kier alpha value is -4.48. The van der Waals surface area contributed by atoms with Gasteiger partial charge in [-0.25, -0.2) is 18.3 Å². The highest BCUT2D eigenvalue weighted by Gasteiger charge is 2.21. The average Bonchev–Trinajstić information content (AvgIpc) is 3.58. The molecular formula is C24H23F2N9O. The molecule has 0 atom stereocenters. The lowest BCUT2D eigenvalue weighted by molar-refractivity contribution is 0.0944. The van der Waals surface area contributed by atoms with Crippen LogP contribution >= 0.6 is 0 Å². The number of hydrogen-bond donors (Lipinski definition) is 1. The number of hydrogen-bond acceptors (Lipinski definition) is 6. The van der Waals surface area contributed by atoms with Crippen molar-refractivity contribution in [1.82, 2.24) is 44.7 Å². The quantitative estimate of drug-likeness (QED) is 0.404. The zero-order valence-corrected chi connectivity index (χ0v) is 20.1. The van der Waals surface area contributed by atoms with Crippen LogP contribution in [-0.2, 0) is 19.1 Å². The van der Waals surface area contributed by atoms with Gasteiger partial charge in [0.2, 0.25) is 0 Å². The third-order valence-electron chi connectivity index (χ3n) is 5.55. The summed E-state index contributed by atoms with van der Waals surface area (Å²) in [5.41, 5.74) is 1.62. The molecule has 12 heteroatoms. The smallest absolute Gasteiger partial charge is 0.273 e. The predicted molar refractivity (Wildman–Crippen MR) is 127 cm³/mol. The maximum absolute atomic E-state index is 15.3. The summed E-state index contributed by atoms with van der Waals surface area (Å²) in [6.07, 6.45) is 7.98. The summed E-state index contributed by atoms with van der Waals surface area (Å²) in [6.45, 7) is 5.46. The first-order valence-corrected chi connectivity index (χ1v) is 11.1. The van der Waals surface area contributed by atoms with Crippen molar-refractivity contribution in [1.29, 1.82) is 0 Å². The molecule has 4 aromatic heterocycles. The molecule has 1 amide bonds. The Morgan fingerprint density at radius 1 is 1.06 bits per heavy atom. The molecule has 0 saturated carbocycles. The van der Waals surface area contributed by atoms with Crippen LogP contribution in [0.4, 0.5) is 8.78 Å². The largest absolute Gasteiger partial charge is 0.346 e. The van der Waals surface area contributed by atoms with E-state index < -0.39 is 23.1 Å². The molecule has 5 rings (SSSR count). The summed E-state index contributed by atoms with van der Waals surface area (Å²) in [5, 5.41) is 19.2. The molecule has 1 aromatic carbocycles. The first-order chi connectivity index (χ1) is 17.1. The first-order valence-electron chi connectivity index (χ1n) is 11.1. The minimum absolute atomic E-state index is 0.0132. The maximum atomic E-state index is 15.3.